The molecule has 1 saturated heterocycles. The first-order chi connectivity index (χ1) is 11.5. The minimum atomic E-state index is -0.815. The van der Waals surface area contributed by atoms with Crippen LogP contribution in [0.2, 0.25) is 0 Å². The van der Waals surface area contributed by atoms with Crippen LogP contribution in [-0.4, -0.2) is 54.9 Å². The number of amides is 2. The summed E-state index contributed by atoms with van der Waals surface area (Å²) in [6.45, 7) is 1.87. The second-order valence-corrected chi connectivity index (χ2v) is 6.60. The number of carbonyl (C=O) groups is 2. The predicted molar refractivity (Wildman–Crippen MR) is 90.2 cm³/mol. The van der Waals surface area contributed by atoms with Crippen molar-refractivity contribution in [3.8, 4) is 0 Å². The fourth-order valence-electron chi connectivity index (χ4n) is 3.10. The molecule has 1 N–H and O–H groups in total. The van der Waals surface area contributed by atoms with Crippen LogP contribution in [0.4, 0.5) is 10.5 Å². The molecular formula is C18H24N2O4. The highest BCUT2D eigenvalue weighted by Gasteiger charge is 2.37. The maximum atomic E-state index is 12.8. The Bertz CT molecular complexity index is 615. The Morgan fingerprint density at radius 3 is 2.88 bits per heavy atom. The minimum absolute atomic E-state index is 0.0284. The number of carbonyl (C=O) groups excluding carboxylic acids is 1. The number of ether oxygens (including phenoxy) is 1. The Kier molecular flexibility index (Phi) is 5.04. The van der Waals surface area contributed by atoms with E-state index in [0.29, 0.717) is 32.0 Å². The van der Waals surface area contributed by atoms with Crippen molar-refractivity contribution >= 4 is 17.7 Å². The van der Waals surface area contributed by atoms with Crippen LogP contribution in [0, 0.1) is 5.92 Å². The third-order valence-corrected chi connectivity index (χ3v) is 4.72. The molecule has 0 spiro atoms. The fourth-order valence-corrected chi connectivity index (χ4v) is 3.10. The van der Waals surface area contributed by atoms with Crippen molar-refractivity contribution in [2.45, 2.75) is 31.8 Å². The van der Waals surface area contributed by atoms with Crippen LogP contribution in [0.5, 0.6) is 0 Å². The quantitative estimate of drug-likeness (QED) is 0.899. The number of urea groups is 1. The Labute approximate surface area is 142 Å². The third-order valence-electron chi connectivity index (χ3n) is 4.72. The molecule has 6 nitrogen and oxygen atoms in total. The van der Waals surface area contributed by atoms with Crippen LogP contribution in [0.25, 0.3) is 0 Å². The molecule has 1 saturated carbocycles. The Morgan fingerprint density at radius 2 is 2.17 bits per heavy atom. The lowest BCUT2D eigenvalue weighted by molar-refractivity contribution is -0.136. The molecule has 0 radical (unpaired) electrons. The van der Waals surface area contributed by atoms with Crippen LogP contribution in [0.1, 0.15) is 24.8 Å². The van der Waals surface area contributed by atoms with E-state index in [4.69, 9.17) is 9.84 Å². The lowest BCUT2D eigenvalue weighted by atomic mass is 10.1. The van der Waals surface area contributed by atoms with Gasteiger partial charge in [-0.15, -0.1) is 0 Å². The number of aryl methyl sites for hydroxylation is 1. The van der Waals surface area contributed by atoms with Crippen LogP contribution in [-0.2, 0) is 16.0 Å². The number of carboxylic acids is 1. The molecule has 1 aliphatic carbocycles. The SMILES string of the molecule is CN(C(=O)N1CCOC(C2CC2)C1)c1cccc(CCC(=O)O)c1. The molecule has 3 rings (SSSR count). The Balaban J connectivity index is 1.64. The summed E-state index contributed by atoms with van der Waals surface area (Å²) in [4.78, 5) is 27.0. The summed E-state index contributed by atoms with van der Waals surface area (Å²) < 4.78 is 5.77. The second kappa shape index (κ2) is 7.21. The number of rotatable bonds is 5. The standard InChI is InChI=1S/C18H24N2O4/c1-19(15-4-2-3-13(11-15)5-8-17(21)22)18(23)20-9-10-24-16(12-20)14-6-7-14/h2-4,11,14,16H,5-10,12H2,1H3,(H,21,22). The van der Waals surface area contributed by atoms with E-state index >= 15 is 0 Å². The van der Waals surface area contributed by atoms with Gasteiger partial charge in [0.2, 0.25) is 0 Å². The highest BCUT2D eigenvalue weighted by Crippen LogP contribution is 2.35. The first kappa shape index (κ1) is 16.8. The summed E-state index contributed by atoms with van der Waals surface area (Å²) in [6.07, 6.45) is 3.14. The number of benzene rings is 1. The topological polar surface area (TPSA) is 70.1 Å². The maximum absolute atomic E-state index is 12.8. The van der Waals surface area contributed by atoms with Crippen LogP contribution < -0.4 is 4.90 Å². The number of aliphatic carboxylic acids is 1. The second-order valence-electron chi connectivity index (χ2n) is 6.60. The van der Waals surface area contributed by atoms with Gasteiger partial charge in [-0.1, -0.05) is 12.1 Å². The van der Waals surface area contributed by atoms with E-state index in [2.05, 4.69) is 0 Å². The van der Waals surface area contributed by atoms with E-state index in [1.165, 1.54) is 12.8 Å². The van der Waals surface area contributed by atoms with Crippen molar-refractivity contribution < 1.29 is 19.4 Å². The third kappa shape index (κ3) is 4.06. The van der Waals surface area contributed by atoms with Gasteiger partial charge in [0.25, 0.3) is 0 Å². The fraction of sp³-hybridized carbons (Fsp3) is 0.556. The summed E-state index contributed by atoms with van der Waals surface area (Å²) in [7, 11) is 1.76. The lowest BCUT2D eigenvalue weighted by Gasteiger charge is -2.35. The van der Waals surface area contributed by atoms with Gasteiger partial charge < -0.3 is 14.7 Å². The monoisotopic (exact) mass is 332 g/mol. The first-order valence-corrected chi connectivity index (χ1v) is 8.49. The molecule has 6 heteroatoms. The number of morpholine rings is 1. The van der Waals surface area contributed by atoms with E-state index in [1.54, 1.807) is 11.9 Å². The van der Waals surface area contributed by atoms with Gasteiger partial charge in [-0.3, -0.25) is 9.69 Å². The molecule has 1 aromatic carbocycles. The van der Waals surface area contributed by atoms with Gasteiger partial charge in [0.05, 0.1) is 12.7 Å². The zero-order chi connectivity index (χ0) is 17.1. The van der Waals surface area contributed by atoms with Gasteiger partial charge in [0, 0.05) is 32.2 Å². The molecule has 0 aromatic heterocycles. The predicted octanol–water partition coefficient (Wildman–Crippen LogP) is 2.37. The van der Waals surface area contributed by atoms with E-state index in [9.17, 15) is 9.59 Å². The van der Waals surface area contributed by atoms with E-state index in [1.807, 2.05) is 29.2 Å². The van der Waals surface area contributed by atoms with Crippen molar-refractivity contribution in [3.63, 3.8) is 0 Å². The number of hydrogen-bond donors (Lipinski definition) is 1. The summed E-state index contributed by atoms with van der Waals surface area (Å²) >= 11 is 0. The summed E-state index contributed by atoms with van der Waals surface area (Å²) in [6, 6.07) is 7.49. The van der Waals surface area contributed by atoms with Gasteiger partial charge in [-0.05, 0) is 42.9 Å². The van der Waals surface area contributed by atoms with Gasteiger partial charge in [0.1, 0.15) is 0 Å². The maximum Gasteiger partial charge on any atom is 0.324 e. The molecule has 1 aromatic rings. The summed E-state index contributed by atoms with van der Waals surface area (Å²) in [5.74, 6) is -0.200. The molecule has 1 aliphatic heterocycles. The van der Waals surface area contributed by atoms with Crippen LogP contribution >= 0.6 is 0 Å². The van der Waals surface area contributed by atoms with E-state index in [0.717, 1.165) is 11.3 Å². The molecule has 130 valence electrons. The van der Waals surface area contributed by atoms with Crippen LogP contribution in [0.3, 0.4) is 0 Å². The van der Waals surface area contributed by atoms with Gasteiger partial charge in [-0.25, -0.2) is 4.79 Å². The summed E-state index contributed by atoms with van der Waals surface area (Å²) in [5, 5.41) is 8.80. The lowest BCUT2D eigenvalue weighted by Crippen LogP contribution is -2.50. The van der Waals surface area contributed by atoms with Crippen molar-refractivity contribution in [2.24, 2.45) is 5.92 Å². The Morgan fingerprint density at radius 1 is 1.38 bits per heavy atom. The molecule has 0 bridgehead atoms. The van der Waals surface area contributed by atoms with Gasteiger partial charge in [-0.2, -0.15) is 0 Å². The van der Waals surface area contributed by atoms with E-state index in [-0.39, 0.29) is 18.6 Å². The van der Waals surface area contributed by atoms with Crippen LogP contribution in [0.15, 0.2) is 24.3 Å². The molecule has 24 heavy (non-hydrogen) atoms. The number of anilines is 1. The molecule has 2 fully saturated rings. The zero-order valence-corrected chi connectivity index (χ0v) is 14.0. The molecule has 1 atom stereocenters. The van der Waals surface area contributed by atoms with Gasteiger partial charge >= 0.3 is 12.0 Å². The zero-order valence-electron chi connectivity index (χ0n) is 14.0. The molecule has 2 amide bonds. The highest BCUT2D eigenvalue weighted by molar-refractivity contribution is 5.91. The van der Waals surface area contributed by atoms with Crippen molar-refractivity contribution in [3.05, 3.63) is 29.8 Å². The Hall–Kier alpha value is -2.08. The molecule has 1 unspecified atom stereocenters. The minimum Gasteiger partial charge on any atom is -0.481 e. The summed E-state index contributed by atoms with van der Waals surface area (Å²) in [5.41, 5.74) is 1.71. The van der Waals surface area contributed by atoms with Crippen molar-refractivity contribution in [1.29, 1.82) is 0 Å². The smallest absolute Gasteiger partial charge is 0.324 e. The average Bonchev–Trinajstić information content (AvgIpc) is 3.44. The normalized spacial score (nSPS) is 20.7. The number of hydrogen-bond acceptors (Lipinski definition) is 3. The number of nitrogens with zero attached hydrogens (tertiary/aromatic N) is 2. The molecule has 1 heterocycles. The van der Waals surface area contributed by atoms with E-state index < -0.39 is 5.97 Å². The largest absolute Gasteiger partial charge is 0.481 e. The van der Waals surface area contributed by atoms with Crippen molar-refractivity contribution in [1.82, 2.24) is 4.90 Å². The molecular weight excluding hydrogens is 308 g/mol. The number of carboxylic acid groups (broad SMARTS) is 1. The van der Waals surface area contributed by atoms with Crippen molar-refractivity contribution in [2.75, 3.05) is 31.6 Å². The molecule has 2 aliphatic rings. The highest BCUT2D eigenvalue weighted by atomic mass is 16.5. The average molecular weight is 332 g/mol. The first-order valence-electron chi connectivity index (χ1n) is 8.49. The van der Waals surface area contributed by atoms with Gasteiger partial charge in [0.15, 0.2) is 0 Å².